The summed E-state index contributed by atoms with van der Waals surface area (Å²) in [5.41, 5.74) is 8.87. The van der Waals surface area contributed by atoms with Crippen molar-refractivity contribution >= 4 is 28.7 Å². The van der Waals surface area contributed by atoms with Crippen molar-refractivity contribution in [3.63, 3.8) is 0 Å². The molecule has 2 aromatic carbocycles. The van der Waals surface area contributed by atoms with Gasteiger partial charge < -0.3 is 20.8 Å². The number of rotatable bonds is 5. The van der Waals surface area contributed by atoms with Crippen LogP contribution in [0.1, 0.15) is 47.4 Å². The average Bonchev–Trinajstić information content (AvgIpc) is 3.20. The molecule has 0 bridgehead atoms. The van der Waals surface area contributed by atoms with Gasteiger partial charge in [0.25, 0.3) is 11.8 Å². The number of nitrogen functional groups attached to an aromatic ring is 1. The second kappa shape index (κ2) is 8.78. The molecule has 2 amide bonds. The summed E-state index contributed by atoms with van der Waals surface area (Å²) in [6, 6.07) is 14.6. The van der Waals surface area contributed by atoms with Crippen LogP contribution in [0.4, 0.5) is 10.2 Å². The van der Waals surface area contributed by atoms with Gasteiger partial charge in [0, 0.05) is 29.3 Å². The number of amides is 2. The Labute approximate surface area is 207 Å². The van der Waals surface area contributed by atoms with E-state index in [0.29, 0.717) is 33.6 Å². The average molecular weight is 487 g/mol. The van der Waals surface area contributed by atoms with Gasteiger partial charge >= 0.3 is 0 Å². The summed E-state index contributed by atoms with van der Waals surface area (Å²) in [4.78, 5) is 30.2. The third-order valence-corrected chi connectivity index (χ3v) is 6.72. The molecular weight excluding hydrogens is 459 g/mol. The van der Waals surface area contributed by atoms with E-state index < -0.39 is 5.82 Å². The number of anilines is 1. The fourth-order valence-electron chi connectivity index (χ4n) is 5.18. The zero-order valence-electron chi connectivity index (χ0n) is 20.3. The Kier molecular flexibility index (Phi) is 5.74. The molecule has 184 valence electrons. The number of fused-ring (bicyclic) bond motifs is 1. The summed E-state index contributed by atoms with van der Waals surface area (Å²) in [5, 5.41) is 6.23. The molecule has 0 unspecified atom stereocenters. The van der Waals surface area contributed by atoms with Gasteiger partial charge in [0.05, 0.1) is 10.9 Å². The number of carbonyl (C=O) groups is 2. The Morgan fingerprint density at radius 1 is 1.08 bits per heavy atom. The van der Waals surface area contributed by atoms with E-state index in [1.165, 1.54) is 31.3 Å². The first-order chi connectivity index (χ1) is 17.2. The zero-order chi connectivity index (χ0) is 25.6. The minimum Gasteiger partial charge on any atom is -0.437 e. The number of nitrogens with zero attached hydrogens (tertiary/aromatic N) is 1. The number of hydrogen-bond donors (Lipinski definition) is 3. The summed E-state index contributed by atoms with van der Waals surface area (Å²) in [5.74, 6) is 0.148. The van der Waals surface area contributed by atoms with Crippen molar-refractivity contribution in [1.82, 2.24) is 15.6 Å². The van der Waals surface area contributed by atoms with Gasteiger partial charge in [-0.25, -0.2) is 4.39 Å². The highest BCUT2D eigenvalue weighted by Gasteiger charge is 2.38. The Bertz CT molecular complexity index is 1490. The lowest BCUT2D eigenvalue weighted by atomic mass is 9.70. The molecule has 2 aromatic heterocycles. The minimum absolute atomic E-state index is 0.146. The molecule has 4 aromatic rings. The molecular formula is C28H27FN4O3. The molecule has 2 heterocycles. The van der Waals surface area contributed by atoms with E-state index in [1.54, 1.807) is 24.3 Å². The molecule has 0 saturated heterocycles. The summed E-state index contributed by atoms with van der Waals surface area (Å²) in [6.45, 7) is 4.23. The van der Waals surface area contributed by atoms with Crippen molar-refractivity contribution in [1.29, 1.82) is 0 Å². The number of nitrogens with two attached hydrogens (primary N) is 1. The molecule has 8 heteroatoms. The second-order valence-electron chi connectivity index (χ2n) is 9.78. The number of nitrogens with one attached hydrogen (secondary N) is 2. The van der Waals surface area contributed by atoms with E-state index in [0.717, 1.165) is 12.8 Å². The minimum atomic E-state index is -0.397. The van der Waals surface area contributed by atoms with E-state index in [4.69, 9.17) is 10.2 Å². The molecule has 0 radical (unpaired) electrons. The highest BCUT2D eigenvalue weighted by Crippen LogP contribution is 2.38. The topological polar surface area (TPSA) is 110 Å². The molecule has 1 aliphatic carbocycles. The van der Waals surface area contributed by atoms with E-state index in [-0.39, 0.29) is 40.2 Å². The van der Waals surface area contributed by atoms with Crippen LogP contribution in [0.3, 0.4) is 0 Å². The van der Waals surface area contributed by atoms with Gasteiger partial charge in [-0.3, -0.25) is 9.59 Å². The van der Waals surface area contributed by atoms with Crippen molar-refractivity contribution in [2.24, 2.45) is 5.92 Å². The highest BCUT2D eigenvalue weighted by atomic mass is 19.1. The van der Waals surface area contributed by atoms with Crippen LogP contribution in [0.5, 0.6) is 0 Å². The van der Waals surface area contributed by atoms with E-state index in [1.807, 2.05) is 6.07 Å². The zero-order valence-corrected chi connectivity index (χ0v) is 20.3. The maximum absolute atomic E-state index is 13.5. The number of benzene rings is 2. The first kappa shape index (κ1) is 23.5. The Morgan fingerprint density at radius 3 is 2.47 bits per heavy atom. The Hall–Kier alpha value is -4.20. The van der Waals surface area contributed by atoms with Crippen LogP contribution >= 0.6 is 0 Å². The van der Waals surface area contributed by atoms with Gasteiger partial charge in [-0.1, -0.05) is 19.1 Å². The van der Waals surface area contributed by atoms with Crippen molar-refractivity contribution in [3.05, 3.63) is 71.5 Å². The van der Waals surface area contributed by atoms with E-state index in [2.05, 4.69) is 29.5 Å². The van der Waals surface area contributed by atoms with Gasteiger partial charge in [-0.15, -0.1) is 0 Å². The quantitative estimate of drug-likeness (QED) is 0.361. The van der Waals surface area contributed by atoms with Crippen LogP contribution in [-0.2, 0) is 0 Å². The fourth-order valence-corrected chi connectivity index (χ4v) is 5.18. The standard InChI is InChI=1S/C28H27FN4O3/c1-15-13-28(2,14-15)33-25(34)18-6-4-5-17(11-18)20-12-21-22(26(35)31-3)23(36-27(21)32-24(20)30)16-7-9-19(29)10-8-16/h4-12,15H,13-14H2,1-3H3,(H2,30,32)(H,31,35)(H,33,34). The van der Waals surface area contributed by atoms with Crippen molar-refractivity contribution in [2.45, 2.75) is 32.2 Å². The normalized spacial score (nSPS) is 19.1. The van der Waals surface area contributed by atoms with E-state index in [9.17, 15) is 14.0 Å². The second-order valence-corrected chi connectivity index (χ2v) is 9.78. The molecule has 36 heavy (non-hydrogen) atoms. The molecule has 1 fully saturated rings. The van der Waals surface area contributed by atoms with Crippen LogP contribution in [0.15, 0.2) is 59.0 Å². The maximum atomic E-state index is 13.5. The molecule has 0 atom stereocenters. The molecule has 1 aliphatic rings. The van der Waals surface area contributed by atoms with Crippen molar-refractivity contribution in [2.75, 3.05) is 12.8 Å². The SMILES string of the molecule is CNC(=O)c1c(-c2ccc(F)cc2)oc2nc(N)c(-c3cccc(C(=O)NC4(C)CC(C)C4)c3)cc12. The molecule has 5 rings (SSSR count). The van der Waals surface area contributed by atoms with Gasteiger partial charge in [0.2, 0.25) is 5.71 Å². The Morgan fingerprint density at radius 2 is 1.81 bits per heavy atom. The lowest BCUT2D eigenvalue weighted by Gasteiger charge is -2.44. The van der Waals surface area contributed by atoms with Crippen LogP contribution in [0.2, 0.25) is 0 Å². The summed E-state index contributed by atoms with van der Waals surface area (Å²) >= 11 is 0. The third-order valence-electron chi connectivity index (χ3n) is 6.72. The van der Waals surface area contributed by atoms with Crippen LogP contribution in [-0.4, -0.2) is 29.4 Å². The number of furan rings is 1. The lowest BCUT2D eigenvalue weighted by Crippen LogP contribution is -2.54. The summed E-state index contributed by atoms with van der Waals surface area (Å²) in [6.07, 6.45) is 1.90. The van der Waals surface area contributed by atoms with Crippen LogP contribution in [0.25, 0.3) is 33.6 Å². The number of aromatic nitrogens is 1. The van der Waals surface area contributed by atoms with Crippen molar-refractivity contribution in [3.8, 4) is 22.5 Å². The molecule has 0 aliphatic heterocycles. The van der Waals surface area contributed by atoms with Gasteiger partial charge in [-0.2, -0.15) is 4.98 Å². The summed E-state index contributed by atoms with van der Waals surface area (Å²) in [7, 11) is 1.52. The van der Waals surface area contributed by atoms with E-state index >= 15 is 0 Å². The smallest absolute Gasteiger partial charge is 0.255 e. The van der Waals surface area contributed by atoms with Crippen LogP contribution < -0.4 is 16.4 Å². The molecule has 1 saturated carbocycles. The predicted molar refractivity (Wildman–Crippen MR) is 137 cm³/mol. The number of carbonyl (C=O) groups excluding carboxylic acids is 2. The van der Waals surface area contributed by atoms with Crippen LogP contribution in [0, 0.1) is 11.7 Å². The highest BCUT2D eigenvalue weighted by molar-refractivity contribution is 6.11. The predicted octanol–water partition coefficient (Wildman–Crippen LogP) is 5.16. The summed E-state index contributed by atoms with van der Waals surface area (Å²) < 4.78 is 19.4. The lowest BCUT2D eigenvalue weighted by molar-refractivity contribution is 0.0771. The monoisotopic (exact) mass is 486 g/mol. The largest absolute Gasteiger partial charge is 0.437 e. The van der Waals surface area contributed by atoms with Crippen molar-refractivity contribution < 1.29 is 18.4 Å². The molecule has 7 nitrogen and oxygen atoms in total. The first-order valence-electron chi connectivity index (χ1n) is 11.8. The molecule has 4 N–H and O–H groups in total. The first-order valence-corrected chi connectivity index (χ1v) is 11.8. The molecule has 0 spiro atoms. The van der Waals surface area contributed by atoms with Gasteiger partial charge in [-0.05, 0) is 73.7 Å². The fraction of sp³-hybridized carbons (Fsp3) is 0.250. The van der Waals surface area contributed by atoms with Gasteiger partial charge in [0.15, 0.2) is 0 Å². The number of halogens is 1. The Balaban J connectivity index is 1.57. The number of hydrogen-bond acceptors (Lipinski definition) is 5. The number of pyridine rings is 1. The third kappa shape index (κ3) is 4.19. The maximum Gasteiger partial charge on any atom is 0.255 e. The van der Waals surface area contributed by atoms with Gasteiger partial charge in [0.1, 0.15) is 17.4 Å².